The third-order valence-electron chi connectivity index (χ3n) is 18.5. The molecule has 0 spiro atoms. The van der Waals surface area contributed by atoms with Crippen LogP contribution in [0.25, 0.3) is 0 Å². The fourth-order valence-corrected chi connectivity index (χ4v) is 13.5. The molecule has 0 unspecified atom stereocenters. The molecular weight excluding hydrogens is 1210 g/mol. The van der Waals surface area contributed by atoms with E-state index in [0.29, 0.717) is 26.4 Å². The zero-order chi connectivity index (χ0) is 65.3. The Hall–Kier alpha value is -6.88. The van der Waals surface area contributed by atoms with Crippen LogP contribution in [-0.4, -0.2) is 129 Å². The number of fused-ring (bicyclic) bond motifs is 1. The Kier molecular flexibility index (Phi) is 23.7. The molecule has 16 heteroatoms. The second-order valence-electron chi connectivity index (χ2n) is 25.8. The molecule has 5 fully saturated rings. The summed E-state index contributed by atoms with van der Waals surface area (Å²) in [6.07, 6.45) is -10.8. The van der Waals surface area contributed by atoms with E-state index in [4.69, 9.17) is 71.2 Å². The first-order valence-electron chi connectivity index (χ1n) is 33.8. The highest BCUT2D eigenvalue weighted by Gasteiger charge is 2.63. The monoisotopic (exact) mass is 1300 g/mol. The lowest BCUT2D eigenvalue weighted by Gasteiger charge is -2.50. The Labute approximate surface area is 564 Å². The van der Waals surface area contributed by atoms with Crippen molar-refractivity contribution in [1.29, 1.82) is 0 Å². The molecule has 0 amide bonds. The fourth-order valence-electron chi connectivity index (χ4n) is 13.5. The summed E-state index contributed by atoms with van der Waals surface area (Å²) in [5.41, 5.74) is 7.81. The van der Waals surface area contributed by atoms with Gasteiger partial charge in [0.25, 0.3) is 0 Å². The molecule has 4 aliphatic heterocycles. The van der Waals surface area contributed by atoms with Crippen LogP contribution < -0.4 is 0 Å². The van der Waals surface area contributed by atoms with Crippen molar-refractivity contribution < 1.29 is 71.2 Å². The van der Waals surface area contributed by atoms with Crippen molar-refractivity contribution in [2.75, 3.05) is 26.4 Å². The first-order valence-corrected chi connectivity index (χ1v) is 33.8. The maximum absolute atomic E-state index is 7.82. The van der Waals surface area contributed by atoms with E-state index in [-0.39, 0.29) is 70.9 Å². The lowest BCUT2D eigenvalue weighted by atomic mass is 9.95. The van der Waals surface area contributed by atoms with E-state index >= 15 is 0 Å². The molecule has 15 atom stereocenters. The summed E-state index contributed by atoms with van der Waals surface area (Å²) in [5.74, 6) is -1.08. The summed E-state index contributed by atoms with van der Waals surface area (Å²) in [4.78, 5) is 6.84. The van der Waals surface area contributed by atoms with Crippen LogP contribution >= 0.6 is 0 Å². The molecule has 0 N–H and O–H groups in total. The van der Waals surface area contributed by atoms with Gasteiger partial charge in [0.1, 0.15) is 54.9 Å². The maximum Gasteiger partial charge on any atom is 0.187 e. The summed E-state index contributed by atoms with van der Waals surface area (Å²) in [5, 5.41) is 2.02. The molecule has 96 heavy (non-hydrogen) atoms. The van der Waals surface area contributed by atoms with E-state index in [9.17, 15) is 0 Å². The van der Waals surface area contributed by atoms with Crippen molar-refractivity contribution in [3.63, 3.8) is 0 Å². The van der Waals surface area contributed by atoms with Crippen molar-refractivity contribution in [3.8, 4) is 0 Å². The second kappa shape index (κ2) is 33.6. The van der Waals surface area contributed by atoms with Gasteiger partial charge in [-0.05, 0) is 65.3 Å². The minimum Gasteiger partial charge on any atom is -0.374 e. The largest absolute Gasteiger partial charge is 0.374 e. The summed E-state index contributed by atoms with van der Waals surface area (Å²) < 4.78 is 100. The van der Waals surface area contributed by atoms with Gasteiger partial charge in [-0.3, -0.25) is 4.84 Å². The first-order chi connectivity index (χ1) is 47.2. The Morgan fingerprint density at radius 1 is 0.344 bits per heavy atom. The van der Waals surface area contributed by atoms with Crippen molar-refractivity contribution in [1.82, 2.24) is 5.06 Å². The van der Waals surface area contributed by atoms with Crippen molar-refractivity contribution in [2.45, 2.75) is 171 Å². The lowest BCUT2D eigenvalue weighted by molar-refractivity contribution is -0.380. The van der Waals surface area contributed by atoms with Crippen LogP contribution in [0.3, 0.4) is 0 Å². The highest BCUT2D eigenvalue weighted by atomic mass is 16.8. The molecule has 1 saturated carbocycles. The van der Waals surface area contributed by atoms with Gasteiger partial charge < -0.3 is 66.3 Å². The highest BCUT2D eigenvalue weighted by Crippen LogP contribution is 2.46. The van der Waals surface area contributed by atoms with Crippen molar-refractivity contribution in [3.05, 3.63) is 287 Å². The zero-order valence-corrected chi connectivity index (χ0v) is 54.9. The Morgan fingerprint density at radius 2 is 0.656 bits per heavy atom. The molecule has 13 rings (SSSR count). The standard InChI is InChI=1S/C80H89NO15/c1-56-69(83-45-58-30-14-5-15-31-58)73(85-47-60-34-18-7-19-35-60)76(88-50-63-40-24-10-25-41-63)78(93-56)96-71-67(55-82-44-57-28-12-4-13-29-57)94-79(77(89-51-64-42-26-11-27-43-64)75(71)87-49-62-38-22-9-23-39-62)95-70-66-54-92-81(65-52-90-80(2,3)91-53-65)68(66)72(84-46-59-32-16-6-17-33-59)74(70)86-48-61-36-20-8-21-37-61/h4-43,56,65-79H,44-55H2,1-3H3/t56-,66+,67-,68-,69-,70-,71-,72+,73+,74+,75+,76-,77-,78+,79-/m1/s1. The highest BCUT2D eigenvalue weighted by molar-refractivity contribution is 5.21. The summed E-state index contributed by atoms with van der Waals surface area (Å²) in [6.45, 7) is 8.91. The van der Waals surface area contributed by atoms with Crippen LogP contribution in [-0.2, 0) is 124 Å². The number of nitrogens with zero attached hydrogens (tertiary/aromatic N) is 1. The van der Waals surface area contributed by atoms with E-state index in [1.54, 1.807) is 0 Å². The molecule has 4 saturated heterocycles. The third-order valence-corrected chi connectivity index (χ3v) is 18.5. The predicted molar refractivity (Wildman–Crippen MR) is 359 cm³/mol. The van der Waals surface area contributed by atoms with Gasteiger partial charge >= 0.3 is 0 Å². The average molecular weight is 1300 g/mol. The molecule has 8 aromatic rings. The SMILES string of the molecule is C[C@H]1O[C@@H](O[C@H]2[C@H](OCc3ccccc3)[C@@H](OCc3ccccc3)[C@@H](O[C@@H]3[C@H]4CON(C5COC(C)(C)OC5)[C@H]4[C@H](OCc4ccccc4)[C@H]3OCc3ccccc3)O[C@@H]2COCc2ccccc2)[C@H](OCc2ccccc2)[C@@H](OCc2ccccc2)[C@@H]1OCc1ccccc1. The smallest absolute Gasteiger partial charge is 0.187 e. The van der Waals surface area contributed by atoms with Gasteiger partial charge in [0.05, 0.1) is 104 Å². The van der Waals surface area contributed by atoms with Gasteiger partial charge in [-0.15, -0.1) is 0 Å². The molecule has 5 aliphatic rings. The quantitative estimate of drug-likeness (QED) is 0.0421. The van der Waals surface area contributed by atoms with Gasteiger partial charge in [0, 0.05) is 5.92 Å². The summed E-state index contributed by atoms with van der Waals surface area (Å²) in [6, 6.07) is 80.3. The van der Waals surface area contributed by atoms with Gasteiger partial charge in [0.2, 0.25) is 0 Å². The molecule has 0 bridgehead atoms. The number of benzene rings is 8. The number of rotatable bonds is 30. The van der Waals surface area contributed by atoms with E-state index < -0.39 is 85.5 Å². The van der Waals surface area contributed by atoms with Crippen LogP contribution in [0.5, 0.6) is 0 Å². The number of ether oxygens (including phenoxy) is 14. The van der Waals surface area contributed by atoms with Crippen LogP contribution in [0, 0.1) is 5.92 Å². The number of hydrogen-bond acceptors (Lipinski definition) is 16. The maximum atomic E-state index is 7.82. The summed E-state index contributed by atoms with van der Waals surface area (Å²) in [7, 11) is 0. The van der Waals surface area contributed by atoms with Gasteiger partial charge in [-0.2, -0.15) is 5.06 Å². The number of hydrogen-bond donors (Lipinski definition) is 0. The van der Waals surface area contributed by atoms with Crippen LogP contribution in [0.2, 0.25) is 0 Å². The van der Waals surface area contributed by atoms with E-state index in [0.717, 1.165) is 44.5 Å². The summed E-state index contributed by atoms with van der Waals surface area (Å²) >= 11 is 0. The Bertz CT molecular complexity index is 3510. The normalized spacial score (nSPS) is 28.3. The lowest BCUT2D eigenvalue weighted by Crippen LogP contribution is -2.66. The van der Waals surface area contributed by atoms with Crippen molar-refractivity contribution in [2.24, 2.45) is 5.92 Å². The van der Waals surface area contributed by atoms with Gasteiger partial charge in [-0.25, -0.2) is 0 Å². The van der Waals surface area contributed by atoms with E-state index in [1.807, 2.05) is 220 Å². The molecule has 8 aromatic carbocycles. The first kappa shape index (κ1) is 67.7. The molecule has 504 valence electrons. The van der Waals surface area contributed by atoms with E-state index in [1.165, 1.54) is 0 Å². The van der Waals surface area contributed by atoms with Crippen LogP contribution in [0.4, 0.5) is 0 Å². The molecule has 0 radical (unpaired) electrons. The van der Waals surface area contributed by atoms with Crippen LogP contribution in [0.1, 0.15) is 65.3 Å². The van der Waals surface area contributed by atoms with Gasteiger partial charge in [-0.1, -0.05) is 243 Å². The predicted octanol–water partition coefficient (Wildman–Crippen LogP) is 12.9. The third kappa shape index (κ3) is 17.7. The molecular formula is C80H89NO15. The Morgan fingerprint density at radius 3 is 1.05 bits per heavy atom. The van der Waals surface area contributed by atoms with E-state index in [2.05, 4.69) is 48.5 Å². The average Bonchev–Trinajstić information content (AvgIpc) is 1.61. The number of hydroxylamine groups is 2. The molecule has 1 aliphatic carbocycles. The molecule has 16 nitrogen and oxygen atoms in total. The molecule has 4 heterocycles. The molecule has 0 aromatic heterocycles. The fraction of sp³-hybridized carbons (Fsp3) is 0.400. The second-order valence-corrected chi connectivity index (χ2v) is 25.8. The van der Waals surface area contributed by atoms with Crippen molar-refractivity contribution >= 4 is 0 Å². The minimum atomic E-state index is -1.15. The minimum absolute atomic E-state index is 0.0347. The topological polar surface area (TPSA) is 142 Å². The van der Waals surface area contributed by atoms with Gasteiger partial charge in [0.15, 0.2) is 18.4 Å². The van der Waals surface area contributed by atoms with Crippen LogP contribution in [0.15, 0.2) is 243 Å². The zero-order valence-electron chi connectivity index (χ0n) is 54.9. The Balaban J connectivity index is 0.904.